The average molecular weight is 282 g/mol. The van der Waals surface area contributed by atoms with Crippen molar-refractivity contribution in [2.24, 2.45) is 5.92 Å². The summed E-state index contributed by atoms with van der Waals surface area (Å²) < 4.78 is 12.9. The summed E-state index contributed by atoms with van der Waals surface area (Å²) in [6.45, 7) is 4.67. The zero-order chi connectivity index (χ0) is 13.7. The SMILES string of the molecule is CCN(C(=O)CSCC1CNC1)c1ccc(F)cc1. The second-order valence-electron chi connectivity index (χ2n) is 4.65. The quantitative estimate of drug-likeness (QED) is 0.867. The zero-order valence-corrected chi connectivity index (χ0v) is 11.9. The van der Waals surface area contributed by atoms with Crippen LogP contribution in [0.1, 0.15) is 6.92 Å². The third-order valence-electron chi connectivity index (χ3n) is 3.20. The number of halogens is 1. The molecule has 1 fully saturated rings. The third kappa shape index (κ3) is 3.94. The maximum absolute atomic E-state index is 12.9. The van der Waals surface area contributed by atoms with Gasteiger partial charge in [-0.1, -0.05) is 0 Å². The van der Waals surface area contributed by atoms with Gasteiger partial charge in [-0.15, -0.1) is 0 Å². The van der Waals surface area contributed by atoms with Crippen LogP contribution in [0.5, 0.6) is 0 Å². The molecule has 104 valence electrons. The van der Waals surface area contributed by atoms with E-state index >= 15 is 0 Å². The lowest BCUT2D eigenvalue weighted by molar-refractivity contribution is -0.116. The molecule has 0 spiro atoms. The Morgan fingerprint density at radius 3 is 2.63 bits per heavy atom. The number of rotatable bonds is 6. The largest absolute Gasteiger partial charge is 0.316 e. The molecule has 0 aromatic heterocycles. The Kier molecular flexibility index (Phi) is 5.22. The minimum atomic E-state index is -0.279. The van der Waals surface area contributed by atoms with Gasteiger partial charge in [-0.2, -0.15) is 11.8 Å². The van der Waals surface area contributed by atoms with Gasteiger partial charge in [0.15, 0.2) is 0 Å². The fourth-order valence-corrected chi connectivity index (χ4v) is 3.00. The van der Waals surface area contributed by atoms with Crippen molar-refractivity contribution in [3.8, 4) is 0 Å². The van der Waals surface area contributed by atoms with Crippen molar-refractivity contribution in [1.29, 1.82) is 0 Å². The second kappa shape index (κ2) is 6.91. The molecule has 1 aliphatic heterocycles. The van der Waals surface area contributed by atoms with E-state index in [4.69, 9.17) is 0 Å². The van der Waals surface area contributed by atoms with E-state index in [-0.39, 0.29) is 11.7 Å². The van der Waals surface area contributed by atoms with Gasteiger partial charge in [0, 0.05) is 12.2 Å². The molecule has 3 nitrogen and oxygen atoms in total. The summed E-state index contributed by atoms with van der Waals surface area (Å²) in [5, 5.41) is 3.22. The number of hydrogen-bond donors (Lipinski definition) is 1. The predicted octanol–water partition coefficient (Wildman–Crippen LogP) is 2.13. The van der Waals surface area contributed by atoms with E-state index in [1.54, 1.807) is 28.8 Å². The van der Waals surface area contributed by atoms with E-state index in [0.717, 1.165) is 24.5 Å². The smallest absolute Gasteiger partial charge is 0.236 e. The maximum Gasteiger partial charge on any atom is 0.236 e. The fraction of sp³-hybridized carbons (Fsp3) is 0.500. The molecule has 0 bridgehead atoms. The molecule has 0 unspecified atom stereocenters. The Bertz CT molecular complexity index is 420. The minimum absolute atomic E-state index is 0.0893. The van der Waals surface area contributed by atoms with E-state index < -0.39 is 0 Å². The molecule has 5 heteroatoms. The van der Waals surface area contributed by atoms with Crippen molar-refractivity contribution in [1.82, 2.24) is 5.32 Å². The van der Waals surface area contributed by atoms with Crippen LogP contribution in [0, 0.1) is 11.7 Å². The van der Waals surface area contributed by atoms with Gasteiger partial charge in [-0.05, 0) is 55.9 Å². The first-order valence-corrected chi connectivity index (χ1v) is 7.70. The lowest BCUT2D eigenvalue weighted by Gasteiger charge is -2.27. The van der Waals surface area contributed by atoms with Gasteiger partial charge < -0.3 is 10.2 Å². The summed E-state index contributed by atoms with van der Waals surface area (Å²) in [7, 11) is 0. The van der Waals surface area contributed by atoms with Crippen LogP contribution in [0.25, 0.3) is 0 Å². The number of anilines is 1. The lowest BCUT2D eigenvalue weighted by atomic mass is 10.1. The molecular weight excluding hydrogens is 263 g/mol. The molecule has 0 atom stereocenters. The Morgan fingerprint density at radius 1 is 1.42 bits per heavy atom. The molecule has 1 aromatic carbocycles. The molecule has 1 N–H and O–H groups in total. The molecular formula is C14H19FN2OS. The summed E-state index contributed by atoms with van der Waals surface area (Å²) in [4.78, 5) is 13.8. The number of benzene rings is 1. The number of nitrogens with one attached hydrogen (secondary N) is 1. The van der Waals surface area contributed by atoms with Crippen molar-refractivity contribution in [3.05, 3.63) is 30.1 Å². The summed E-state index contributed by atoms with van der Waals surface area (Å²) in [6.07, 6.45) is 0. The van der Waals surface area contributed by atoms with Crippen LogP contribution in [0.3, 0.4) is 0 Å². The molecule has 2 rings (SSSR count). The van der Waals surface area contributed by atoms with Crippen molar-refractivity contribution in [2.45, 2.75) is 6.92 Å². The van der Waals surface area contributed by atoms with Gasteiger partial charge in [0.1, 0.15) is 5.82 Å². The van der Waals surface area contributed by atoms with Gasteiger partial charge in [-0.3, -0.25) is 4.79 Å². The Hall–Kier alpha value is -1.07. The van der Waals surface area contributed by atoms with Gasteiger partial charge in [0.2, 0.25) is 5.91 Å². The molecule has 1 amide bonds. The Labute approximate surface area is 117 Å². The molecule has 19 heavy (non-hydrogen) atoms. The summed E-state index contributed by atoms with van der Waals surface area (Å²) in [5.41, 5.74) is 0.764. The molecule has 0 saturated carbocycles. The maximum atomic E-state index is 12.9. The normalized spacial score (nSPS) is 15.1. The van der Waals surface area contributed by atoms with Gasteiger partial charge >= 0.3 is 0 Å². The number of amides is 1. The van der Waals surface area contributed by atoms with Gasteiger partial charge in [0.05, 0.1) is 5.75 Å². The molecule has 1 aliphatic rings. The van der Waals surface area contributed by atoms with Crippen LogP contribution in [0.2, 0.25) is 0 Å². The average Bonchev–Trinajstić information content (AvgIpc) is 2.35. The lowest BCUT2D eigenvalue weighted by Crippen LogP contribution is -2.43. The highest BCUT2D eigenvalue weighted by molar-refractivity contribution is 7.99. The van der Waals surface area contributed by atoms with Crippen LogP contribution >= 0.6 is 11.8 Å². The first-order chi connectivity index (χ1) is 9.20. The molecule has 1 aromatic rings. The van der Waals surface area contributed by atoms with Crippen molar-refractivity contribution >= 4 is 23.4 Å². The Balaban J connectivity index is 1.85. The summed E-state index contributed by atoms with van der Waals surface area (Å²) in [5.74, 6) is 2.03. The number of carbonyl (C=O) groups excluding carboxylic acids is 1. The van der Waals surface area contributed by atoms with E-state index in [1.165, 1.54) is 12.1 Å². The van der Waals surface area contributed by atoms with Crippen LogP contribution < -0.4 is 10.2 Å². The topological polar surface area (TPSA) is 32.3 Å². The number of carbonyl (C=O) groups is 1. The highest BCUT2D eigenvalue weighted by atomic mass is 32.2. The predicted molar refractivity (Wildman–Crippen MR) is 78.1 cm³/mol. The number of hydrogen-bond acceptors (Lipinski definition) is 3. The summed E-state index contributed by atoms with van der Waals surface area (Å²) in [6, 6.07) is 6.07. The van der Waals surface area contributed by atoms with Gasteiger partial charge in [0.25, 0.3) is 0 Å². The third-order valence-corrected chi connectivity index (χ3v) is 4.36. The van der Waals surface area contributed by atoms with Crippen LogP contribution in [0.15, 0.2) is 24.3 Å². The first-order valence-electron chi connectivity index (χ1n) is 6.55. The molecule has 0 radical (unpaired) electrons. The van der Waals surface area contributed by atoms with Crippen molar-refractivity contribution in [2.75, 3.05) is 36.0 Å². The van der Waals surface area contributed by atoms with Gasteiger partial charge in [-0.25, -0.2) is 4.39 Å². The van der Waals surface area contributed by atoms with Crippen molar-refractivity contribution < 1.29 is 9.18 Å². The molecule has 1 saturated heterocycles. The monoisotopic (exact) mass is 282 g/mol. The van der Waals surface area contributed by atoms with Crippen LogP contribution in [-0.2, 0) is 4.79 Å². The van der Waals surface area contributed by atoms with E-state index in [2.05, 4.69) is 5.32 Å². The number of thioether (sulfide) groups is 1. The van der Waals surface area contributed by atoms with Crippen LogP contribution in [0.4, 0.5) is 10.1 Å². The Morgan fingerprint density at radius 2 is 2.11 bits per heavy atom. The molecule has 0 aliphatic carbocycles. The highest BCUT2D eigenvalue weighted by Crippen LogP contribution is 2.18. The van der Waals surface area contributed by atoms with Crippen LogP contribution in [-0.4, -0.2) is 37.0 Å². The van der Waals surface area contributed by atoms with Crippen molar-refractivity contribution in [3.63, 3.8) is 0 Å². The molecule has 1 heterocycles. The summed E-state index contributed by atoms with van der Waals surface area (Å²) >= 11 is 1.68. The fourth-order valence-electron chi connectivity index (χ4n) is 1.98. The second-order valence-corrected chi connectivity index (χ2v) is 5.68. The standard InChI is InChI=1S/C14H19FN2OS/c1-2-17(13-5-3-12(15)4-6-13)14(18)10-19-9-11-7-16-8-11/h3-6,11,16H,2,7-10H2,1H3. The van der Waals surface area contributed by atoms with E-state index in [1.807, 2.05) is 6.92 Å². The first kappa shape index (κ1) is 14.3. The van der Waals surface area contributed by atoms with E-state index in [9.17, 15) is 9.18 Å². The highest BCUT2D eigenvalue weighted by Gasteiger charge is 2.18. The minimum Gasteiger partial charge on any atom is -0.316 e. The number of nitrogens with zero attached hydrogens (tertiary/aromatic N) is 1. The van der Waals surface area contributed by atoms with E-state index in [0.29, 0.717) is 18.2 Å². The zero-order valence-electron chi connectivity index (χ0n) is 11.1.